The number of hydrogen-bond acceptors (Lipinski definition) is 11. The van der Waals surface area contributed by atoms with Crippen molar-refractivity contribution in [1.29, 1.82) is 0 Å². The molecule has 2 aliphatic heterocycles. The number of rotatable bonds is 8. The number of nitrogens with one attached hydrogen (secondary N) is 1. The summed E-state index contributed by atoms with van der Waals surface area (Å²) in [7, 11) is -1.90. The maximum atomic E-state index is 14.3. The van der Waals surface area contributed by atoms with Crippen molar-refractivity contribution in [1.82, 2.24) is 19.8 Å². The molecule has 1 saturated heterocycles. The summed E-state index contributed by atoms with van der Waals surface area (Å²) in [6, 6.07) is 7.02. The molecule has 0 bridgehead atoms. The normalized spacial score (nSPS) is 21.5. The van der Waals surface area contributed by atoms with Crippen molar-refractivity contribution in [3.05, 3.63) is 46.5 Å². The summed E-state index contributed by atoms with van der Waals surface area (Å²) in [6.45, 7) is 3.95. The minimum Gasteiger partial charge on any atom is -0.464 e. The van der Waals surface area contributed by atoms with E-state index in [9.17, 15) is 31.2 Å². The smallest absolute Gasteiger partial charge is 0.420 e. The summed E-state index contributed by atoms with van der Waals surface area (Å²) in [5.74, 6) is -0.899. The molecule has 0 radical (unpaired) electrons. The topological polar surface area (TPSA) is 125 Å². The van der Waals surface area contributed by atoms with Crippen LogP contribution in [0.2, 0.25) is 0 Å². The molecule has 1 atom stereocenters. The van der Waals surface area contributed by atoms with E-state index in [0.29, 0.717) is 18.4 Å². The van der Waals surface area contributed by atoms with Gasteiger partial charge in [-0.05, 0) is 68.5 Å². The Kier molecular flexibility index (Phi) is 8.39. The highest BCUT2D eigenvalue weighted by atomic mass is 32.2. The molecule has 16 heteroatoms. The minimum atomic E-state index is -4.82. The second-order valence-electron chi connectivity index (χ2n) is 12.9. The number of benzene rings is 1. The number of sulfone groups is 1. The number of carbonyl (C=O) groups is 2. The van der Waals surface area contributed by atoms with Crippen molar-refractivity contribution in [2.75, 3.05) is 55.8 Å². The second-order valence-corrected chi connectivity index (χ2v) is 16.0. The van der Waals surface area contributed by atoms with Crippen LogP contribution in [-0.2, 0) is 25.5 Å². The molecular formula is C32H35F3N6O5S2. The quantitative estimate of drug-likeness (QED) is 0.323. The number of esters is 1. The van der Waals surface area contributed by atoms with Crippen LogP contribution < -0.4 is 10.2 Å². The van der Waals surface area contributed by atoms with Crippen LogP contribution in [0.3, 0.4) is 0 Å². The minimum absolute atomic E-state index is 0.0261. The van der Waals surface area contributed by atoms with Crippen molar-refractivity contribution in [3.63, 3.8) is 0 Å². The molecule has 1 aromatic carbocycles. The Morgan fingerprint density at radius 2 is 1.90 bits per heavy atom. The van der Waals surface area contributed by atoms with E-state index in [2.05, 4.69) is 31.2 Å². The lowest BCUT2D eigenvalue weighted by Crippen LogP contribution is -2.53. The molecule has 1 N–H and O–H groups in total. The first-order valence-corrected chi connectivity index (χ1v) is 18.4. The molecular weight excluding hydrogens is 670 g/mol. The molecule has 0 spiro atoms. The highest BCUT2D eigenvalue weighted by Crippen LogP contribution is 2.46. The van der Waals surface area contributed by atoms with E-state index in [-0.39, 0.29) is 63.5 Å². The lowest BCUT2D eigenvalue weighted by atomic mass is 10.1. The third kappa shape index (κ3) is 6.61. The van der Waals surface area contributed by atoms with E-state index < -0.39 is 33.2 Å². The van der Waals surface area contributed by atoms with Gasteiger partial charge in [0.1, 0.15) is 17.0 Å². The summed E-state index contributed by atoms with van der Waals surface area (Å²) >= 11 is 0.722. The van der Waals surface area contributed by atoms with Crippen LogP contribution in [0.4, 0.5) is 30.5 Å². The number of likely N-dealkylation sites (N-methyl/N-ethyl adjacent to an activating group) is 1. The van der Waals surface area contributed by atoms with Crippen LogP contribution in [0, 0.1) is 0 Å². The first-order chi connectivity index (χ1) is 22.8. The van der Waals surface area contributed by atoms with Crippen LogP contribution in [0.15, 0.2) is 35.4 Å². The van der Waals surface area contributed by atoms with Gasteiger partial charge in [0, 0.05) is 56.7 Å². The van der Waals surface area contributed by atoms with E-state index in [1.165, 1.54) is 11.8 Å². The monoisotopic (exact) mass is 704 g/mol. The zero-order valence-electron chi connectivity index (χ0n) is 26.4. The molecule has 48 heavy (non-hydrogen) atoms. The van der Waals surface area contributed by atoms with Gasteiger partial charge in [-0.25, -0.2) is 18.4 Å². The van der Waals surface area contributed by atoms with Gasteiger partial charge in [0.2, 0.25) is 5.95 Å². The number of carbonyl (C=O) groups excluding carboxylic acids is 2. The molecule has 256 valence electrons. The Bertz CT molecular complexity index is 1880. The zero-order valence-corrected chi connectivity index (χ0v) is 28.1. The second kappa shape index (κ2) is 12.3. The summed E-state index contributed by atoms with van der Waals surface area (Å²) in [4.78, 5) is 38.6. The number of halogens is 3. The molecule has 2 aromatic heterocycles. The number of fused-ring (bicyclic) bond motifs is 1. The van der Waals surface area contributed by atoms with Gasteiger partial charge >= 0.3 is 12.1 Å². The predicted molar refractivity (Wildman–Crippen MR) is 173 cm³/mol. The fraction of sp³-hybridized carbons (Fsp3) is 0.500. The van der Waals surface area contributed by atoms with Gasteiger partial charge in [-0.2, -0.15) is 13.2 Å². The van der Waals surface area contributed by atoms with E-state index >= 15 is 0 Å². The lowest BCUT2D eigenvalue weighted by Gasteiger charge is -2.40. The number of ether oxygens (including phenoxy) is 1. The average molecular weight is 705 g/mol. The zero-order chi connectivity index (χ0) is 34.0. The van der Waals surface area contributed by atoms with Crippen molar-refractivity contribution >= 4 is 50.4 Å². The third-order valence-electron chi connectivity index (χ3n) is 9.32. The number of aromatic nitrogens is 2. The first kappa shape index (κ1) is 32.8. The van der Waals surface area contributed by atoms with Gasteiger partial charge < -0.3 is 19.9 Å². The number of piperazine rings is 1. The highest BCUT2D eigenvalue weighted by molar-refractivity contribution is 7.91. The molecule has 3 aromatic rings. The molecule has 11 nitrogen and oxygen atoms in total. The van der Waals surface area contributed by atoms with Crippen LogP contribution in [0.5, 0.6) is 0 Å². The molecule has 4 heterocycles. The Morgan fingerprint density at radius 3 is 2.58 bits per heavy atom. The highest BCUT2D eigenvalue weighted by Gasteiger charge is 2.42. The van der Waals surface area contributed by atoms with Crippen molar-refractivity contribution in [2.24, 2.45) is 0 Å². The number of amides is 1. The predicted octanol–water partition coefficient (Wildman–Crippen LogP) is 4.92. The molecule has 0 unspecified atom stereocenters. The number of hydrogen-bond donors (Lipinski definition) is 1. The van der Waals surface area contributed by atoms with Crippen molar-refractivity contribution in [3.8, 4) is 10.6 Å². The number of nitrogens with zero attached hydrogens (tertiary/aromatic N) is 5. The fourth-order valence-corrected chi connectivity index (χ4v) is 9.21. The Hall–Kier alpha value is -3.76. The summed E-state index contributed by atoms with van der Waals surface area (Å²) in [6.07, 6.45) is -0.648. The molecule has 7 rings (SSSR count). The first-order valence-electron chi connectivity index (χ1n) is 15.9. The molecule has 3 fully saturated rings. The van der Waals surface area contributed by atoms with E-state index in [0.717, 1.165) is 67.4 Å². The molecule has 2 aliphatic carbocycles. The van der Waals surface area contributed by atoms with Gasteiger partial charge in [0.15, 0.2) is 9.84 Å². The SMILES string of the molecule is CC(=O)OC[C@H]1CN(c2ccc(Nc3ncc(C(F)(F)F)c(-c4cc5c(s4)C(=O)N(C4CC4)CCS5(=O)=O)n3)c(C3CC3)c2)CCN1C. The van der Waals surface area contributed by atoms with E-state index in [1.54, 1.807) is 0 Å². The fourth-order valence-electron chi connectivity index (χ4n) is 6.29. The summed E-state index contributed by atoms with van der Waals surface area (Å²) in [5, 5.41) is 3.13. The average Bonchev–Trinajstić information content (AvgIpc) is 3.98. The standard InChI is InChI=1S/C32H35F3N6O5S2/c1-18(42)46-17-22-16-40(10-9-39(22)2)21-7-8-25(23(13-21)19-3-4-19)37-31-36-15-24(32(33,34)35)28(38-31)26-14-27-29(47-26)30(43)41(20-5-6-20)11-12-48(27,44)45/h7-8,13-15,19-20,22H,3-6,9-12,16-17H2,1-2H3,(H,36,37,38)/t22-/m1/s1. The van der Waals surface area contributed by atoms with Gasteiger partial charge in [-0.3, -0.25) is 14.5 Å². The van der Waals surface area contributed by atoms with Crippen molar-refractivity contribution in [2.45, 2.75) is 61.7 Å². The van der Waals surface area contributed by atoms with Gasteiger partial charge in [0.25, 0.3) is 5.91 Å². The van der Waals surface area contributed by atoms with Crippen molar-refractivity contribution < 1.29 is 35.9 Å². The third-order valence-corrected chi connectivity index (χ3v) is 12.3. The van der Waals surface area contributed by atoms with Gasteiger partial charge in [-0.15, -0.1) is 11.3 Å². The van der Waals surface area contributed by atoms with Crippen LogP contribution >= 0.6 is 11.3 Å². The molecule has 4 aliphatic rings. The molecule has 1 amide bonds. The maximum absolute atomic E-state index is 14.3. The van der Waals surface area contributed by atoms with E-state index in [1.807, 2.05) is 19.2 Å². The van der Waals surface area contributed by atoms with Gasteiger partial charge in [-0.1, -0.05) is 0 Å². The Balaban J connectivity index is 1.20. The van der Waals surface area contributed by atoms with Crippen LogP contribution in [0.25, 0.3) is 10.6 Å². The Labute approximate surface area is 280 Å². The number of alkyl halides is 3. The number of thiophene rings is 1. The lowest BCUT2D eigenvalue weighted by molar-refractivity contribution is -0.142. The van der Waals surface area contributed by atoms with E-state index in [4.69, 9.17) is 4.74 Å². The number of anilines is 3. The van der Waals surface area contributed by atoms with Crippen LogP contribution in [-0.4, -0.2) is 97.7 Å². The summed E-state index contributed by atoms with van der Waals surface area (Å²) < 4.78 is 74.3. The van der Waals surface area contributed by atoms with Gasteiger partial charge in [0.05, 0.1) is 27.3 Å². The Morgan fingerprint density at radius 1 is 1.12 bits per heavy atom. The summed E-state index contributed by atoms with van der Waals surface area (Å²) in [5.41, 5.74) is 1.04. The van der Waals surface area contributed by atoms with Crippen LogP contribution in [0.1, 0.15) is 59.3 Å². The molecule has 2 saturated carbocycles. The largest absolute Gasteiger partial charge is 0.464 e. The maximum Gasteiger partial charge on any atom is 0.420 e.